The third kappa shape index (κ3) is 4.19. The van der Waals surface area contributed by atoms with E-state index in [1.165, 1.54) is 9.13 Å². The van der Waals surface area contributed by atoms with E-state index in [9.17, 15) is 0 Å². The lowest BCUT2D eigenvalue weighted by molar-refractivity contribution is -0.0678. The Labute approximate surface area is 125 Å². The van der Waals surface area contributed by atoms with Gasteiger partial charge in [-0.3, -0.25) is 4.90 Å². The number of morpholine rings is 1. The predicted molar refractivity (Wildman–Crippen MR) is 82.6 cm³/mol. The van der Waals surface area contributed by atoms with Crippen molar-refractivity contribution in [1.82, 2.24) is 4.90 Å². The summed E-state index contributed by atoms with van der Waals surface area (Å²) in [5.74, 6) is 0. The van der Waals surface area contributed by atoms with Crippen LogP contribution in [-0.4, -0.2) is 35.5 Å². The van der Waals surface area contributed by atoms with E-state index in [2.05, 4.69) is 74.6 Å². The minimum Gasteiger partial charge on any atom is -0.372 e. The summed E-state index contributed by atoms with van der Waals surface area (Å²) in [6.07, 6.45) is 0.651. The molecule has 0 bridgehead atoms. The number of hydrogen-bond donors (Lipinski definition) is 0. The highest BCUT2D eigenvalue weighted by Gasteiger charge is 2.24. The van der Waals surface area contributed by atoms with Crippen molar-refractivity contribution in [3.05, 3.63) is 33.4 Å². The van der Waals surface area contributed by atoms with Gasteiger partial charge in [-0.15, -0.1) is 0 Å². The van der Waals surface area contributed by atoms with Crippen molar-refractivity contribution in [2.75, 3.05) is 18.4 Å². The number of hydrogen-bond acceptors (Lipinski definition) is 2. The van der Waals surface area contributed by atoms with Crippen molar-refractivity contribution in [3.63, 3.8) is 0 Å². The Kier molecular flexibility index (Phi) is 5.26. The molecule has 2 nitrogen and oxygen atoms in total. The quantitative estimate of drug-likeness (QED) is 0.561. The fourth-order valence-electron chi connectivity index (χ4n) is 2.20. The van der Waals surface area contributed by atoms with Crippen molar-refractivity contribution in [2.24, 2.45) is 0 Å². The molecular weight excluding hydrogens is 393 g/mol. The molecule has 2 atom stereocenters. The van der Waals surface area contributed by atoms with Crippen molar-refractivity contribution in [3.8, 4) is 0 Å². The van der Waals surface area contributed by atoms with Crippen molar-refractivity contribution in [2.45, 2.75) is 25.7 Å². The molecule has 0 aromatic heterocycles. The van der Waals surface area contributed by atoms with Crippen LogP contribution in [0.3, 0.4) is 0 Å². The summed E-state index contributed by atoms with van der Waals surface area (Å²) >= 11 is 5.85. The summed E-state index contributed by atoms with van der Waals surface area (Å²) in [4.78, 5) is 2.47. The second-order valence-electron chi connectivity index (χ2n) is 4.54. The number of halogens is 2. The molecular formula is C13H17BrINO. The highest BCUT2D eigenvalue weighted by molar-refractivity contribution is 14.1. The van der Waals surface area contributed by atoms with Crippen LogP contribution in [0.5, 0.6) is 0 Å². The molecule has 1 aliphatic heterocycles. The normalized spacial score (nSPS) is 26.1. The largest absolute Gasteiger partial charge is 0.372 e. The van der Waals surface area contributed by atoms with Crippen LogP contribution >= 0.6 is 38.5 Å². The maximum absolute atomic E-state index is 5.83. The maximum Gasteiger partial charge on any atom is 0.0802 e. The van der Waals surface area contributed by atoms with Gasteiger partial charge in [-0.2, -0.15) is 0 Å². The van der Waals surface area contributed by atoms with E-state index in [1.54, 1.807) is 0 Å². The van der Waals surface area contributed by atoms with Gasteiger partial charge in [0.05, 0.1) is 12.2 Å². The molecule has 1 aromatic carbocycles. The van der Waals surface area contributed by atoms with Crippen LogP contribution in [0.15, 0.2) is 24.3 Å². The molecule has 0 aliphatic carbocycles. The second-order valence-corrected chi connectivity index (χ2v) is 6.44. The average Bonchev–Trinajstić information content (AvgIpc) is 2.31. The summed E-state index contributed by atoms with van der Waals surface area (Å²) in [6.45, 7) is 5.21. The van der Waals surface area contributed by atoms with Gasteiger partial charge in [0.15, 0.2) is 0 Å². The molecule has 0 radical (unpaired) electrons. The Bertz CT molecular complexity index is 357. The van der Waals surface area contributed by atoms with Gasteiger partial charge >= 0.3 is 0 Å². The van der Waals surface area contributed by atoms with Gasteiger partial charge in [-0.1, -0.05) is 28.1 Å². The van der Waals surface area contributed by atoms with Crippen molar-refractivity contribution < 1.29 is 4.74 Å². The monoisotopic (exact) mass is 409 g/mol. The zero-order valence-electron chi connectivity index (χ0n) is 9.90. The van der Waals surface area contributed by atoms with E-state index in [1.807, 2.05) is 0 Å². The fourth-order valence-corrected chi connectivity index (χ4v) is 2.92. The van der Waals surface area contributed by atoms with E-state index < -0.39 is 0 Å². The Morgan fingerprint density at radius 3 is 2.71 bits per heavy atom. The highest BCUT2D eigenvalue weighted by atomic mass is 127. The molecule has 0 amide bonds. The molecule has 1 aliphatic rings. The zero-order chi connectivity index (χ0) is 12.3. The lowest BCUT2D eigenvalue weighted by Crippen LogP contribution is -2.46. The average molecular weight is 410 g/mol. The smallest absolute Gasteiger partial charge is 0.0802 e. The third-order valence-electron chi connectivity index (χ3n) is 2.89. The summed E-state index contributed by atoms with van der Waals surface area (Å²) in [5.41, 5.74) is 1.38. The molecule has 1 heterocycles. The number of rotatable bonds is 3. The van der Waals surface area contributed by atoms with Crippen LogP contribution in [0.25, 0.3) is 0 Å². The van der Waals surface area contributed by atoms with Gasteiger partial charge in [0.2, 0.25) is 0 Å². The van der Waals surface area contributed by atoms with Gasteiger partial charge in [0.25, 0.3) is 0 Å². The van der Waals surface area contributed by atoms with Crippen LogP contribution in [0, 0.1) is 3.57 Å². The molecule has 1 aromatic rings. The Hall–Kier alpha value is 0.350. The van der Waals surface area contributed by atoms with Crippen LogP contribution in [-0.2, 0) is 11.3 Å². The summed E-state index contributed by atoms with van der Waals surface area (Å²) in [5, 5.41) is 0.917. The van der Waals surface area contributed by atoms with Gasteiger partial charge < -0.3 is 4.74 Å². The standard InChI is InChI=1S/C13H17BrINO/c1-10-7-16(9-13(6-14)17-10)8-11-2-4-12(15)5-3-11/h2-5,10,13H,6-9H2,1H3. The number of nitrogens with zero attached hydrogens (tertiary/aromatic N) is 1. The maximum atomic E-state index is 5.83. The van der Waals surface area contributed by atoms with Crippen molar-refractivity contribution >= 4 is 38.5 Å². The topological polar surface area (TPSA) is 12.5 Å². The minimum absolute atomic E-state index is 0.322. The molecule has 0 spiro atoms. The summed E-state index contributed by atoms with van der Waals surface area (Å²) in [7, 11) is 0. The van der Waals surface area contributed by atoms with Crippen LogP contribution in [0.4, 0.5) is 0 Å². The molecule has 2 rings (SSSR count). The second kappa shape index (κ2) is 6.50. The number of ether oxygens (including phenoxy) is 1. The van der Waals surface area contributed by atoms with E-state index in [0.717, 1.165) is 25.0 Å². The first-order valence-corrected chi connectivity index (χ1v) is 8.05. The van der Waals surface area contributed by atoms with Gasteiger partial charge in [-0.05, 0) is 47.2 Å². The lowest BCUT2D eigenvalue weighted by Gasteiger charge is -2.36. The van der Waals surface area contributed by atoms with E-state index in [0.29, 0.717) is 12.2 Å². The van der Waals surface area contributed by atoms with Crippen LogP contribution in [0.2, 0.25) is 0 Å². The zero-order valence-corrected chi connectivity index (χ0v) is 13.6. The fraction of sp³-hybridized carbons (Fsp3) is 0.538. The Balaban J connectivity index is 1.95. The molecule has 17 heavy (non-hydrogen) atoms. The summed E-state index contributed by atoms with van der Waals surface area (Å²) < 4.78 is 7.12. The molecule has 94 valence electrons. The highest BCUT2D eigenvalue weighted by Crippen LogP contribution is 2.16. The van der Waals surface area contributed by atoms with Gasteiger partial charge in [-0.25, -0.2) is 0 Å². The van der Waals surface area contributed by atoms with Gasteiger partial charge in [0, 0.05) is 28.5 Å². The van der Waals surface area contributed by atoms with E-state index >= 15 is 0 Å². The first-order chi connectivity index (χ1) is 8.17. The SMILES string of the molecule is CC1CN(Cc2ccc(I)cc2)CC(CBr)O1. The Morgan fingerprint density at radius 2 is 2.06 bits per heavy atom. The first-order valence-electron chi connectivity index (χ1n) is 5.85. The lowest BCUT2D eigenvalue weighted by atomic mass is 10.1. The molecule has 4 heteroatoms. The van der Waals surface area contributed by atoms with Gasteiger partial charge in [0.1, 0.15) is 0 Å². The summed E-state index contributed by atoms with van der Waals surface area (Å²) in [6, 6.07) is 8.76. The molecule has 1 saturated heterocycles. The third-order valence-corrected chi connectivity index (χ3v) is 4.33. The molecule has 1 fully saturated rings. The van der Waals surface area contributed by atoms with Crippen LogP contribution in [0.1, 0.15) is 12.5 Å². The number of benzene rings is 1. The van der Waals surface area contributed by atoms with E-state index in [-0.39, 0.29) is 0 Å². The predicted octanol–water partition coefficient (Wildman–Crippen LogP) is 3.28. The van der Waals surface area contributed by atoms with Crippen molar-refractivity contribution in [1.29, 1.82) is 0 Å². The minimum atomic E-state index is 0.322. The number of alkyl halides is 1. The first kappa shape index (κ1) is 13.8. The molecule has 0 N–H and O–H groups in total. The Morgan fingerprint density at radius 1 is 1.35 bits per heavy atom. The molecule has 2 unspecified atom stereocenters. The molecule has 0 saturated carbocycles. The van der Waals surface area contributed by atoms with Crippen LogP contribution < -0.4 is 0 Å². The van der Waals surface area contributed by atoms with E-state index in [4.69, 9.17) is 4.74 Å².